The van der Waals surface area contributed by atoms with Crippen LogP contribution in [0.5, 0.6) is 5.75 Å². The lowest BCUT2D eigenvalue weighted by Gasteiger charge is -2.19. The summed E-state index contributed by atoms with van der Waals surface area (Å²) in [4.78, 5) is 24.4. The third-order valence-corrected chi connectivity index (χ3v) is 6.17. The first-order valence-corrected chi connectivity index (χ1v) is 11.1. The predicted octanol–water partition coefficient (Wildman–Crippen LogP) is 1.97. The molecule has 2 rings (SSSR count). The van der Waals surface area contributed by atoms with Gasteiger partial charge in [-0.05, 0) is 68.1 Å². The third-order valence-electron chi connectivity index (χ3n) is 4.68. The Labute approximate surface area is 181 Å². The van der Waals surface area contributed by atoms with Gasteiger partial charge in [0.1, 0.15) is 11.8 Å². The van der Waals surface area contributed by atoms with Gasteiger partial charge in [0.05, 0.1) is 18.6 Å². The van der Waals surface area contributed by atoms with Crippen molar-refractivity contribution in [3.05, 3.63) is 59.2 Å². The van der Waals surface area contributed by atoms with E-state index in [1.807, 2.05) is 0 Å². The molecule has 2 aromatic rings. The number of carbonyl (C=O) groups excluding carboxylic acids is 2. The first-order chi connectivity index (χ1) is 14.7. The van der Waals surface area contributed by atoms with Crippen molar-refractivity contribution in [1.29, 1.82) is 0 Å². The lowest BCUT2D eigenvalue weighted by atomic mass is 9.95. The number of rotatable bonds is 10. The largest absolute Gasteiger partial charge is 0.497 e. The van der Waals surface area contributed by atoms with Crippen LogP contribution in [0, 0.1) is 6.92 Å². The van der Waals surface area contributed by atoms with Gasteiger partial charge in [0.2, 0.25) is 10.0 Å². The van der Waals surface area contributed by atoms with E-state index >= 15 is 0 Å². The maximum atomic E-state index is 12.8. The molecule has 31 heavy (non-hydrogen) atoms. The van der Waals surface area contributed by atoms with E-state index in [1.54, 1.807) is 31.5 Å². The molecule has 0 bridgehead atoms. The van der Waals surface area contributed by atoms with Gasteiger partial charge in [-0.15, -0.1) is 0 Å². The first-order valence-electron chi connectivity index (χ1n) is 9.59. The molecule has 2 aromatic carbocycles. The summed E-state index contributed by atoms with van der Waals surface area (Å²) in [5.74, 6) is -0.915. The molecule has 0 aliphatic heterocycles. The number of nitrogens with one attached hydrogen (secondary N) is 2. The summed E-state index contributed by atoms with van der Waals surface area (Å²) in [6, 6.07) is 9.56. The summed E-state index contributed by atoms with van der Waals surface area (Å²) >= 11 is 0. The van der Waals surface area contributed by atoms with Crippen molar-refractivity contribution in [1.82, 2.24) is 10.2 Å². The molecule has 0 spiro atoms. The second-order valence-electron chi connectivity index (χ2n) is 6.68. The molecule has 0 saturated carbocycles. The zero-order chi connectivity index (χ0) is 23.0. The number of hydroxylamine groups is 1. The van der Waals surface area contributed by atoms with Gasteiger partial charge in [0, 0.05) is 5.56 Å². The minimum atomic E-state index is -4.02. The number of amides is 1. The van der Waals surface area contributed by atoms with Crippen LogP contribution in [0.4, 0.5) is 0 Å². The molecule has 0 fully saturated rings. The van der Waals surface area contributed by atoms with Crippen molar-refractivity contribution in [2.75, 3.05) is 13.7 Å². The maximum Gasteiger partial charge on any atom is 0.324 e. The van der Waals surface area contributed by atoms with Crippen LogP contribution in [-0.2, 0) is 26.0 Å². The Morgan fingerprint density at radius 3 is 2.39 bits per heavy atom. The van der Waals surface area contributed by atoms with Crippen LogP contribution in [0.2, 0.25) is 0 Å². The number of hydrogen-bond acceptors (Lipinski definition) is 7. The summed E-state index contributed by atoms with van der Waals surface area (Å²) in [6.07, 6.45) is 0.245. The van der Waals surface area contributed by atoms with Crippen molar-refractivity contribution >= 4 is 21.9 Å². The number of benzene rings is 2. The smallest absolute Gasteiger partial charge is 0.324 e. The van der Waals surface area contributed by atoms with Crippen molar-refractivity contribution in [2.45, 2.75) is 37.6 Å². The number of aryl methyl sites for hydroxylation is 1. The molecular formula is C21H26N2O7S. The summed E-state index contributed by atoms with van der Waals surface area (Å²) in [7, 11) is -2.55. The normalized spacial score (nSPS) is 12.1. The monoisotopic (exact) mass is 450 g/mol. The average molecular weight is 451 g/mol. The van der Waals surface area contributed by atoms with E-state index in [2.05, 4.69) is 4.72 Å². The Balaban J connectivity index is 2.28. The fourth-order valence-corrected chi connectivity index (χ4v) is 4.29. The molecule has 168 valence electrons. The molecule has 1 amide bonds. The first kappa shape index (κ1) is 24.3. The summed E-state index contributed by atoms with van der Waals surface area (Å²) in [5, 5.41) is 8.98. The molecule has 0 aliphatic rings. The lowest BCUT2D eigenvalue weighted by Crippen LogP contribution is -2.42. The Hall–Kier alpha value is -2.95. The van der Waals surface area contributed by atoms with E-state index in [-0.39, 0.29) is 29.9 Å². The van der Waals surface area contributed by atoms with E-state index in [1.165, 1.54) is 37.4 Å². The van der Waals surface area contributed by atoms with Crippen molar-refractivity contribution < 1.29 is 32.7 Å². The van der Waals surface area contributed by atoms with Crippen LogP contribution in [-0.4, -0.2) is 45.3 Å². The molecule has 3 N–H and O–H groups in total. The van der Waals surface area contributed by atoms with Crippen LogP contribution in [0.3, 0.4) is 0 Å². The number of esters is 1. The second kappa shape index (κ2) is 10.9. The molecule has 1 atom stereocenters. The highest BCUT2D eigenvalue weighted by atomic mass is 32.2. The highest BCUT2D eigenvalue weighted by Gasteiger charge is 2.27. The minimum Gasteiger partial charge on any atom is -0.497 e. The van der Waals surface area contributed by atoms with Crippen molar-refractivity contribution in [2.24, 2.45) is 0 Å². The van der Waals surface area contributed by atoms with Crippen LogP contribution >= 0.6 is 0 Å². The Morgan fingerprint density at radius 2 is 1.81 bits per heavy atom. The van der Waals surface area contributed by atoms with E-state index < -0.39 is 27.9 Å². The Bertz CT molecular complexity index is 1020. The van der Waals surface area contributed by atoms with Gasteiger partial charge >= 0.3 is 5.97 Å². The van der Waals surface area contributed by atoms with E-state index in [0.29, 0.717) is 11.3 Å². The van der Waals surface area contributed by atoms with E-state index in [9.17, 15) is 18.0 Å². The zero-order valence-electron chi connectivity index (χ0n) is 17.5. The van der Waals surface area contributed by atoms with E-state index in [0.717, 1.165) is 5.56 Å². The van der Waals surface area contributed by atoms with E-state index in [4.69, 9.17) is 14.7 Å². The standard InChI is InChI=1S/C21H26N2O7S/c1-4-30-21(25)19(23-31(27,28)16-10-8-15(29-3)9-11-16)13-12-17-14(2)6-5-7-18(17)20(24)22-26/h5-11,19,23,26H,4,12-13H2,1-3H3,(H,22,24). The number of sulfonamides is 1. The maximum absolute atomic E-state index is 12.8. The van der Waals surface area contributed by atoms with Gasteiger partial charge < -0.3 is 9.47 Å². The minimum absolute atomic E-state index is 0.0289. The number of ether oxygens (including phenoxy) is 2. The van der Waals surface area contributed by atoms with Gasteiger partial charge in [-0.2, -0.15) is 4.72 Å². The Kier molecular flexibility index (Phi) is 8.55. The number of carbonyl (C=O) groups is 2. The molecular weight excluding hydrogens is 424 g/mol. The lowest BCUT2D eigenvalue weighted by molar-refractivity contribution is -0.145. The topological polar surface area (TPSA) is 131 Å². The predicted molar refractivity (Wildman–Crippen MR) is 112 cm³/mol. The van der Waals surface area contributed by atoms with Gasteiger partial charge in [0.25, 0.3) is 5.91 Å². The molecule has 0 radical (unpaired) electrons. The molecule has 0 aliphatic carbocycles. The quantitative estimate of drug-likeness (QED) is 0.286. The molecule has 0 saturated heterocycles. The van der Waals surface area contributed by atoms with Gasteiger partial charge in [-0.3, -0.25) is 14.8 Å². The van der Waals surface area contributed by atoms with Gasteiger partial charge in [-0.1, -0.05) is 12.1 Å². The molecule has 0 heterocycles. The van der Waals surface area contributed by atoms with Gasteiger partial charge in [0.15, 0.2) is 0 Å². The highest BCUT2D eigenvalue weighted by molar-refractivity contribution is 7.89. The average Bonchev–Trinajstić information content (AvgIpc) is 2.76. The zero-order valence-corrected chi connectivity index (χ0v) is 18.4. The van der Waals surface area contributed by atoms with Crippen LogP contribution in [0.15, 0.2) is 47.4 Å². The Morgan fingerprint density at radius 1 is 1.13 bits per heavy atom. The molecule has 10 heteroatoms. The van der Waals surface area contributed by atoms with Crippen LogP contribution in [0.1, 0.15) is 34.8 Å². The summed E-state index contributed by atoms with van der Waals surface area (Å²) in [6.45, 7) is 3.49. The van der Waals surface area contributed by atoms with Crippen LogP contribution < -0.4 is 14.9 Å². The second-order valence-corrected chi connectivity index (χ2v) is 8.40. The van der Waals surface area contributed by atoms with Gasteiger partial charge in [-0.25, -0.2) is 13.9 Å². The van der Waals surface area contributed by atoms with Crippen molar-refractivity contribution in [3.8, 4) is 5.75 Å². The molecule has 9 nitrogen and oxygen atoms in total. The fraction of sp³-hybridized carbons (Fsp3) is 0.333. The SMILES string of the molecule is CCOC(=O)C(CCc1c(C)cccc1C(=O)NO)NS(=O)(=O)c1ccc(OC)cc1. The molecule has 1 unspecified atom stereocenters. The third kappa shape index (κ3) is 6.27. The summed E-state index contributed by atoms with van der Waals surface area (Å²) in [5.41, 5.74) is 3.19. The summed E-state index contributed by atoms with van der Waals surface area (Å²) < 4.78 is 38.0. The fourth-order valence-electron chi connectivity index (χ4n) is 3.07. The highest BCUT2D eigenvalue weighted by Crippen LogP contribution is 2.20. The molecule has 0 aromatic heterocycles. The van der Waals surface area contributed by atoms with Crippen LogP contribution in [0.25, 0.3) is 0 Å². The number of hydrogen-bond donors (Lipinski definition) is 3. The number of methoxy groups -OCH3 is 1. The van der Waals surface area contributed by atoms with Crippen molar-refractivity contribution in [3.63, 3.8) is 0 Å².